The molecule has 1 N–H and O–H groups in total. The molecule has 1 amide bonds. The van der Waals surface area contributed by atoms with Gasteiger partial charge in [-0.25, -0.2) is 9.07 Å². The summed E-state index contributed by atoms with van der Waals surface area (Å²) in [7, 11) is 1.54. The monoisotopic (exact) mass is 330 g/mol. The summed E-state index contributed by atoms with van der Waals surface area (Å²) in [6.07, 6.45) is 0. The van der Waals surface area contributed by atoms with E-state index in [0.29, 0.717) is 24.3 Å². The molecule has 1 aromatic carbocycles. The van der Waals surface area contributed by atoms with Gasteiger partial charge in [0.25, 0.3) is 11.5 Å². The van der Waals surface area contributed by atoms with Crippen LogP contribution in [-0.2, 0) is 7.05 Å². The van der Waals surface area contributed by atoms with Gasteiger partial charge in [-0.2, -0.15) is 5.10 Å². The minimum absolute atomic E-state index is 0.0894. The lowest BCUT2D eigenvalue weighted by molar-refractivity contribution is 0.0621. The van der Waals surface area contributed by atoms with Crippen molar-refractivity contribution in [3.8, 4) is 0 Å². The zero-order valence-corrected chi connectivity index (χ0v) is 13.8. The second-order valence-corrected chi connectivity index (χ2v) is 6.07. The summed E-state index contributed by atoms with van der Waals surface area (Å²) in [5.74, 6) is -0.555. The topological polar surface area (TPSA) is 67.2 Å². The fraction of sp³-hybridized carbons (Fsp3) is 0.353. The van der Waals surface area contributed by atoms with Crippen molar-refractivity contribution in [2.24, 2.45) is 7.05 Å². The Morgan fingerprint density at radius 1 is 1.25 bits per heavy atom. The van der Waals surface area contributed by atoms with Gasteiger partial charge < -0.3 is 10.2 Å². The van der Waals surface area contributed by atoms with Crippen molar-refractivity contribution in [3.05, 3.63) is 57.3 Å². The van der Waals surface area contributed by atoms with E-state index in [4.69, 9.17) is 0 Å². The van der Waals surface area contributed by atoms with Crippen molar-refractivity contribution >= 4 is 11.6 Å². The first-order valence-corrected chi connectivity index (χ1v) is 7.72. The molecule has 3 rings (SSSR count). The maximum absolute atomic E-state index is 12.9. The first-order chi connectivity index (χ1) is 11.4. The predicted molar refractivity (Wildman–Crippen MR) is 88.7 cm³/mol. The smallest absolute Gasteiger partial charge is 0.279 e. The maximum atomic E-state index is 12.9. The number of nitrogens with one attached hydrogen (secondary N) is 1. The maximum Gasteiger partial charge on any atom is 0.279 e. The third-order valence-corrected chi connectivity index (χ3v) is 4.32. The van der Waals surface area contributed by atoms with Crippen molar-refractivity contribution in [2.45, 2.75) is 19.9 Å². The van der Waals surface area contributed by atoms with Crippen LogP contribution in [0.25, 0.3) is 0 Å². The molecule has 126 valence electrons. The molecule has 24 heavy (non-hydrogen) atoms. The molecule has 0 unspecified atom stereocenters. The van der Waals surface area contributed by atoms with E-state index in [-0.39, 0.29) is 28.9 Å². The molecule has 1 aliphatic rings. The van der Waals surface area contributed by atoms with Crippen LogP contribution in [0.1, 0.15) is 21.6 Å². The highest BCUT2D eigenvalue weighted by Gasteiger charge is 2.33. The largest absolute Gasteiger partial charge is 0.379 e. The lowest BCUT2D eigenvalue weighted by atomic mass is 10.0. The molecule has 1 aliphatic heterocycles. The number of rotatable bonds is 3. The van der Waals surface area contributed by atoms with Gasteiger partial charge in [-0.1, -0.05) is 0 Å². The normalized spacial score (nSPS) is 14.4. The summed E-state index contributed by atoms with van der Waals surface area (Å²) in [5.41, 5.74) is 1.91. The summed E-state index contributed by atoms with van der Waals surface area (Å²) < 4.78 is 14.1. The summed E-state index contributed by atoms with van der Waals surface area (Å²) in [4.78, 5) is 26.5. The Hall–Kier alpha value is -2.70. The van der Waals surface area contributed by atoms with Gasteiger partial charge in [0.1, 0.15) is 11.4 Å². The van der Waals surface area contributed by atoms with Crippen LogP contribution in [0.15, 0.2) is 29.1 Å². The molecule has 0 aliphatic carbocycles. The van der Waals surface area contributed by atoms with Crippen LogP contribution in [0.2, 0.25) is 0 Å². The fourth-order valence-electron chi connectivity index (χ4n) is 2.78. The molecule has 1 fully saturated rings. The molecule has 2 aromatic rings. The molecule has 6 nitrogen and oxygen atoms in total. The molecule has 7 heteroatoms. The van der Waals surface area contributed by atoms with Gasteiger partial charge in [-0.3, -0.25) is 9.59 Å². The van der Waals surface area contributed by atoms with Crippen molar-refractivity contribution in [2.75, 3.05) is 18.4 Å². The van der Waals surface area contributed by atoms with E-state index in [1.807, 2.05) is 0 Å². The molecule has 0 spiro atoms. The van der Waals surface area contributed by atoms with E-state index in [1.165, 1.54) is 16.8 Å². The van der Waals surface area contributed by atoms with Crippen LogP contribution in [0.4, 0.5) is 10.1 Å². The molecule has 1 saturated heterocycles. The highest BCUT2D eigenvalue weighted by atomic mass is 19.1. The number of nitrogens with zero attached hydrogens (tertiary/aromatic N) is 3. The number of benzene rings is 1. The summed E-state index contributed by atoms with van der Waals surface area (Å²) in [6, 6.07) is 6.18. The number of anilines is 1. The number of hydrogen-bond acceptors (Lipinski definition) is 4. The van der Waals surface area contributed by atoms with Crippen LogP contribution in [0.5, 0.6) is 0 Å². The summed E-state index contributed by atoms with van der Waals surface area (Å²) in [5, 5.41) is 7.32. The number of carbonyl (C=O) groups excluding carboxylic acids is 1. The number of likely N-dealkylation sites (tertiary alicyclic amines) is 1. The molecule has 0 atom stereocenters. The van der Waals surface area contributed by atoms with Gasteiger partial charge in [0.15, 0.2) is 0 Å². The summed E-state index contributed by atoms with van der Waals surface area (Å²) >= 11 is 0. The van der Waals surface area contributed by atoms with Crippen molar-refractivity contribution in [1.29, 1.82) is 0 Å². The second kappa shape index (κ2) is 6.07. The third-order valence-electron chi connectivity index (χ3n) is 4.32. The SMILES string of the molecule is Cc1nn(C)c(=O)c(C(=O)N2CC(Nc3ccc(F)cc3)C2)c1C. The van der Waals surface area contributed by atoms with Crippen LogP contribution >= 0.6 is 0 Å². The van der Waals surface area contributed by atoms with E-state index in [0.717, 1.165) is 5.69 Å². The highest BCUT2D eigenvalue weighted by molar-refractivity contribution is 5.96. The Morgan fingerprint density at radius 3 is 2.50 bits per heavy atom. The number of aryl methyl sites for hydroxylation is 2. The molecule has 0 bridgehead atoms. The number of aromatic nitrogens is 2. The molecular formula is C17H19FN4O2. The van der Waals surface area contributed by atoms with Crippen LogP contribution in [-0.4, -0.2) is 39.7 Å². The molecule has 2 heterocycles. The van der Waals surface area contributed by atoms with Gasteiger partial charge in [-0.05, 0) is 43.7 Å². The number of hydrogen-bond donors (Lipinski definition) is 1. The highest BCUT2D eigenvalue weighted by Crippen LogP contribution is 2.19. The second-order valence-electron chi connectivity index (χ2n) is 6.07. The minimum Gasteiger partial charge on any atom is -0.379 e. The van der Waals surface area contributed by atoms with Crippen LogP contribution in [0, 0.1) is 19.7 Å². The zero-order valence-electron chi connectivity index (χ0n) is 13.8. The average Bonchev–Trinajstić information content (AvgIpc) is 2.50. The van der Waals surface area contributed by atoms with E-state index < -0.39 is 0 Å². The standard InChI is InChI=1S/C17H19FN4O2/c1-10-11(2)20-21(3)16(23)15(10)17(24)22-8-14(9-22)19-13-6-4-12(18)5-7-13/h4-7,14,19H,8-9H2,1-3H3. The van der Waals surface area contributed by atoms with Gasteiger partial charge in [0.05, 0.1) is 11.7 Å². The average molecular weight is 330 g/mol. The molecule has 1 aromatic heterocycles. The Bertz CT molecular complexity index is 839. The molecular weight excluding hydrogens is 311 g/mol. The van der Waals surface area contributed by atoms with E-state index in [9.17, 15) is 14.0 Å². The van der Waals surface area contributed by atoms with Crippen molar-refractivity contribution < 1.29 is 9.18 Å². The van der Waals surface area contributed by atoms with E-state index >= 15 is 0 Å². The number of halogens is 1. The van der Waals surface area contributed by atoms with Gasteiger partial charge in [0, 0.05) is 25.8 Å². The Labute approximate surface area is 138 Å². The Balaban J connectivity index is 1.69. The molecule has 0 saturated carbocycles. The van der Waals surface area contributed by atoms with Crippen LogP contribution < -0.4 is 10.9 Å². The Kier molecular flexibility index (Phi) is 4.09. The lowest BCUT2D eigenvalue weighted by Crippen LogP contribution is -2.58. The predicted octanol–water partition coefficient (Wildman–Crippen LogP) is 1.47. The third kappa shape index (κ3) is 2.89. The van der Waals surface area contributed by atoms with Gasteiger partial charge >= 0.3 is 0 Å². The van der Waals surface area contributed by atoms with Crippen molar-refractivity contribution in [1.82, 2.24) is 14.7 Å². The first kappa shape index (κ1) is 16.2. The molecule has 0 radical (unpaired) electrons. The van der Waals surface area contributed by atoms with Crippen LogP contribution in [0.3, 0.4) is 0 Å². The lowest BCUT2D eigenvalue weighted by Gasteiger charge is -2.40. The minimum atomic E-state index is -0.377. The van der Waals surface area contributed by atoms with Crippen molar-refractivity contribution in [3.63, 3.8) is 0 Å². The van der Waals surface area contributed by atoms with E-state index in [2.05, 4.69) is 10.4 Å². The Morgan fingerprint density at radius 2 is 1.88 bits per heavy atom. The number of amides is 1. The van der Waals surface area contributed by atoms with E-state index in [1.54, 1.807) is 37.9 Å². The summed E-state index contributed by atoms with van der Waals surface area (Å²) in [6.45, 7) is 4.52. The fourth-order valence-corrected chi connectivity index (χ4v) is 2.78. The zero-order chi connectivity index (χ0) is 17.4. The first-order valence-electron chi connectivity index (χ1n) is 7.72. The number of carbonyl (C=O) groups is 1. The van der Waals surface area contributed by atoms with Gasteiger partial charge in [-0.15, -0.1) is 0 Å². The quantitative estimate of drug-likeness (QED) is 0.925. The van der Waals surface area contributed by atoms with Gasteiger partial charge in [0.2, 0.25) is 0 Å².